The van der Waals surface area contributed by atoms with E-state index in [0.29, 0.717) is 0 Å². The molecule has 1 heterocycles. The normalized spacial score (nSPS) is 14.6. The highest BCUT2D eigenvalue weighted by molar-refractivity contribution is 5.95. The van der Waals surface area contributed by atoms with Crippen LogP contribution in [-0.2, 0) is 6.42 Å². The van der Waals surface area contributed by atoms with Crippen molar-refractivity contribution in [3.05, 3.63) is 23.4 Å². The maximum absolute atomic E-state index is 12.3. The van der Waals surface area contributed by atoms with Crippen LogP contribution in [-0.4, -0.2) is 24.0 Å². The molecule has 2 N–H and O–H groups in total. The average Bonchev–Trinajstić information content (AvgIpc) is 2.42. The molecule has 4 heteroatoms. The fraction of sp³-hybridized carbons (Fsp3) is 0.647. The highest BCUT2D eigenvalue weighted by Crippen LogP contribution is 2.28. The number of hydrogen-bond acceptors (Lipinski definition) is 3. The summed E-state index contributed by atoms with van der Waals surface area (Å²) < 4.78 is 0. The fourth-order valence-electron chi connectivity index (χ4n) is 2.65. The number of hydrogen-bond donors (Lipinski definition) is 2. The zero-order chi connectivity index (χ0) is 15.1. The summed E-state index contributed by atoms with van der Waals surface area (Å²) in [5, 5.41) is 6.25. The lowest BCUT2D eigenvalue weighted by molar-refractivity contribution is 0.0949. The molecular formula is C17H27N3O. The van der Waals surface area contributed by atoms with Gasteiger partial charge in [0.15, 0.2) is 0 Å². The molecule has 1 amide bonds. The third-order valence-corrected chi connectivity index (χ3v) is 4.07. The van der Waals surface area contributed by atoms with Crippen LogP contribution in [0.3, 0.4) is 0 Å². The molecule has 1 fully saturated rings. The van der Waals surface area contributed by atoms with E-state index in [4.69, 9.17) is 0 Å². The molecule has 0 spiro atoms. The van der Waals surface area contributed by atoms with E-state index in [0.717, 1.165) is 55.3 Å². The Balaban J connectivity index is 1.96. The molecular weight excluding hydrogens is 262 g/mol. The van der Waals surface area contributed by atoms with Gasteiger partial charge < -0.3 is 10.6 Å². The molecule has 1 aliphatic rings. The van der Waals surface area contributed by atoms with Crippen LogP contribution in [0.5, 0.6) is 0 Å². The molecule has 0 aliphatic heterocycles. The van der Waals surface area contributed by atoms with Gasteiger partial charge in [0.1, 0.15) is 5.82 Å². The van der Waals surface area contributed by atoms with Gasteiger partial charge in [-0.05, 0) is 37.8 Å². The van der Waals surface area contributed by atoms with Crippen molar-refractivity contribution in [1.82, 2.24) is 10.3 Å². The first-order valence-corrected chi connectivity index (χ1v) is 8.26. The smallest absolute Gasteiger partial charge is 0.251 e. The van der Waals surface area contributed by atoms with Crippen LogP contribution in [0.4, 0.5) is 5.82 Å². The molecule has 1 saturated carbocycles. The van der Waals surface area contributed by atoms with E-state index in [-0.39, 0.29) is 5.91 Å². The van der Waals surface area contributed by atoms with E-state index in [2.05, 4.69) is 22.5 Å². The predicted molar refractivity (Wildman–Crippen MR) is 86.7 cm³/mol. The monoisotopic (exact) mass is 289 g/mol. The molecule has 1 aromatic heterocycles. The number of carbonyl (C=O) groups excluding carboxylic acids is 1. The van der Waals surface area contributed by atoms with E-state index in [1.54, 1.807) is 0 Å². The molecule has 116 valence electrons. The second kappa shape index (κ2) is 8.01. The van der Waals surface area contributed by atoms with Crippen molar-refractivity contribution in [2.24, 2.45) is 5.92 Å². The Labute approximate surface area is 127 Å². The fourth-order valence-corrected chi connectivity index (χ4v) is 2.65. The topological polar surface area (TPSA) is 54.0 Å². The zero-order valence-electron chi connectivity index (χ0n) is 13.2. The minimum atomic E-state index is 0.0215. The molecule has 0 saturated heterocycles. The molecule has 1 aromatic rings. The van der Waals surface area contributed by atoms with E-state index < -0.39 is 0 Å². The summed E-state index contributed by atoms with van der Waals surface area (Å²) >= 11 is 0. The van der Waals surface area contributed by atoms with Crippen molar-refractivity contribution >= 4 is 11.7 Å². The van der Waals surface area contributed by atoms with Gasteiger partial charge >= 0.3 is 0 Å². The second-order valence-corrected chi connectivity index (χ2v) is 5.85. The summed E-state index contributed by atoms with van der Waals surface area (Å²) in [6.07, 6.45) is 7.06. The number of pyridine rings is 1. The number of nitrogens with zero attached hydrogens (tertiary/aromatic N) is 1. The van der Waals surface area contributed by atoms with Gasteiger partial charge in [-0.2, -0.15) is 0 Å². The predicted octanol–water partition coefficient (Wildman–Crippen LogP) is 3.39. The van der Waals surface area contributed by atoms with Crippen molar-refractivity contribution in [2.45, 2.75) is 52.4 Å². The highest BCUT2D eigenvalue weighted by Gasteiger charge is 2.17. The van der Waals surface area contributed by atoms with Gasteiger partial charge in [0.2, 0.25) is 0 Å². The Bertz CT molecular complexity index is 445. The van der Waals surface area contributed by atoms with Crippen molar-refractivity contribution in [3.8, 4) is 0 Å². The summed E-state index contributed by atoms with van der Waals surface area (Å²) in [5.41, 5.74) is 1.71. The van der Waals surface area contributed by atoms with Crippen LogP contribution in [0.25, 0.3) is 0 Å². The van der Waals surface area contributed by atoms with Gasteiger partial charge in [-0.15, -0.1) is 0 Å². The lowest BCUT2D eigenvalue weighted by atomic mass is 9.83. The van der Waals surface area contributed by atoms with Crippen LogP contribution in [0, 0.1) is 5.92 Å². The van der Waals surface area contributed by atoms with Gasteiger partial charge in [0, 0.05) is 24.3 Å². The molecule has 0 unspecified atom stereocenters. The number of aryl methyl sites for hydroxylation is 1. The van der Waals surface area contributed by atoms with Crippen molar-refractivity contribution < 1.29 is 4.79 Å². The Morgan fingerprint density at radius 3 is 2.76 bits per heavy atom. The van der Waals surface area contributed by atoms with Crippen molar-refractivity contribution in [1.29, 1.82) is 0 Å². The number of nitrogens with one attached hydrogen (secondary N) is 2. The van der Waals surface area contributed by atoms with Crippen molar-refractivity contribution in [3.63, 3.8) is 0 Å². The molecule has 2 rings (SSSR count). The standard InChI is InChI=1S/C17H27N3O/c1-3-6-15-11-14(12-16(20-15)18-4-2)17(21)19-10-9-13-7-5-8-13/h11-13H,3-10H2,1-2H3,(H,18,20)(H,19,21). The molecule has 4 nitrogen and oxygen atoms in total. The highest BCUT2D eigenvalue weighted by atomic mass is 16.1. The van der Waals surface area contributed by atoms with Crippen LogP contribution in [0.15, 0.2) is 12.1 Å². The van der Waals surface area contributed by atoms with E-state index in [9.17, 15) is 4.79 Å². The van der Waals surface area contributed by atoms with Gasteiger partial charge in [0.05, 0.1) is 0 Å². The third-order valence-electron chi connectivity index (χ3n) is 4.07. The second-order valence-electron chi connectivity index (χ2n) is 5.85. The summed E-state index contributed by atoms with van der Waals surface area (Å²) in [6.45, 7) is 5.75. The number of rotatable bonds is 8. The minimum Gasteiger partial charge on any atom is -0.370 e. The van der Waals surface area contributed by atoms with Crippen LogP contribution in [0.2, 0.25) is 0 Å². The molecule has 0 aromatic carbocycles. The summed E-state index contributed by atoms with van der Waals surface area (Å²) in [4.78, 5) is 16.8. The first kappa shape index (κ1) is 15.8. The van der Waals surface area contributed by atoms with Gasteiger partial charge in [0.25, 0.3) is 5.91 Å². The number of aromatic nitrogens is 1. The average molecular weight is 289 g/mol. The number of amides is 1. The van der Waals surface area contributed by atoms with Crippen LogP contribution >= 0.6 is 0 Å². The number of carbonyl (C=O) groups is 1. The Hall–Kier alpha value is -1.58. The maximum Gasteiger partial charge on any atom is 0.251 e. The summed E-state index contributed by atoms with van der Waals surface area (Å²) in [7, 11) is 0. The van der Waals surface area contributed by atoms with Gasteiger partial charge in [-0.3, -0.25) is 4.79 Å². The number of anilines is 1. The lowest BCUT2D eigenvalue weighted by Crippen LogP contribution is -2.27. The lowest BCUT2D eigenvalue weighted by Gasteiger charge is -2.25. The molecule has 21 heavy (non-hydrogen) atoms. The zero-order valence-corrected chi connectivity index (χ0v) is 13.2. The Kier molecular flexibility index (Phi) is 6.03. The SMILES string of the molecule is CCCc1cc(C(=O)NCCC2CCC2)cc(NCC)n1. The third kappa shape index (κ3) is 4.73. The Morgan fingerprint density at radius 2 is 2.14 bits per heavy atom. The molecule has 0 bridgehead atoms. The van der Waals surface area contributed by atoms with Gasteiger partial charge in [-0.1, -0.05) is 32.6 Å². The summed E-state index contributed by atoms with van der Waals surface area (Å²) in [6, 6.07) is 3.77. The van der Waals surface area contributed by atoms with Crippen LogP contribution in [0.1, 0.15) is 62.0 Å². The first-order chi connectivity index (χ1) is 10.2. The molecule has 0 radical (unpaired) electrons. The van der Waals surface area contributed by atoms with Crippen LogP contribution < -0.4 is 10.6 Å². The quantitative estimate of drug-likeness (QED) is 0.771. The van der Waals surface area contributed by atoms with Crippen molar-refractivity contribution in [2.75, 3.05) is 18.4 Å². The maximum atomic E-state index is 12.3. The Morgan fingerprint density at radius 1 is 1.33 bits per heavy atom. The van der Waals surface area contributed by atoms with Gasteiger partial charge in [-0.25, -0.2) is 4.98 Å². The van der Waals surface area contributed by atoms with E-state index in [1.165, 1.54) is 19.3 Å². The first-order valence-electron chi connectivity index (χ1n) is 8.26. The molecule has 0 atom stereocenters. The van der Waals surface area contributed by atoms with E-state index in [1.807, 2.05) is 19.1 Å². The molecule has 1 aliphatic carbocycles. The largest absolute Gasteiger partial charge is 0.370 e. The van der Waals surface area contributed by atoms with E-state index >= 15 is 0 Å². The minimum absolute atomic E-state index is 0.0215. The summed E-state index contributed by atoms with van der Waals surface area (Å²) in [5.74, 6) is 1.65.